The molecule has 1 aromatic rings. The molecule has 0 bridgehead atoms. The Labute approximate surface area is 174 Å². The Hall–Kier alpha value is -1.11. The van der Waals surface area contributed by atoms with Gasteiger partial charge in [0.25, 0.3) is 5.91 Å². The standard InChI is InChI=1S/C21H31ClN2O3S/c1-15(2)19-8-4-5-12-24(19)21(25)17-9-10-18(22)20(13-17)28(26,27)23-11-6-7-16(3)14-23/h9-10,13,15-16,19H,4-8,11-12,14H2,1-3H3. The largest absolute Gasteiger partial charge is 0.335 e. The Balaban J connectivity index is 1.91. The van der Waals surface area contributed by atoms with E-state index in [1.807, 2.05) is 4.90 Å². The maximum Gasteiger partial charge on any atom is 0.254 e. The van der Waals surface area contributed by atoms with Crippen molar-refractivity contribution in [3.8, 4) is 0 Å². The van der Waals surface area contributed by atoms with Gasteiger partial charge in [0.2, 0.25) is 10.0 Å². The molecule has 1 amide bonds. The third-order valence-electron chi connectivity index (χ3n) is 6.00. The summed E-state index contributed by atoms with van der Waals surface area (Å²) in [7, 11) is -3.71. The van der Waals surface area contributed by atoms with Crippen molar-refractivity contribution in [2.45, 2.75) is 63.8 Å². The number of nitrogens with zero attached hydrogens (tertiary/aromatic N) is 2. The quantitative estimate of drug-likeness (QED) is 0.716. The molecule has 2 saturated heterocycles. The highest BCUT2D eigenvalue weighted by Gasteiger charge is 2.33. The second-order valence-electron chi connectivity index (χ2n) is 8.56. The molecule has 0 radical (unpaired) electrons. The number of amides is 1. The Kier molecular flexibility index (Phi) is 6.72. The molecular weight excluding hydrogens is 396 g/mol. The molecule has 0 spiro atoms. The van der Waals surface area contributed by atoms with Crippen LogP contribution in [0.4, 0.5) is 0 Å². The number of piperidine rings is 2. The lowest BCUT2D eigenvalue weighted by molar-refractivity contribution is 0.0543. The van der Waals surface area contributed by atoms with Crippen LogP contribution in [0.15, 0.2) is 23.1 Å². The van der Waals surface area contributed by atoms with Crippen LogP contribution in [0.25, 0.3) is 0 Å². The molecule has 0 saturated carbocycles. The van der Waals surface area contributed by atoms with E-state index in [0.29, 0.717) is 30.5 Å². The number of rotatable bonds is 4. The van der Waals surface area contributed by atoms with E-state index in [4.69, 9.17) is 11.6 Å². The van der Waals surface area contributed by atoms with Crippen molar-refractivity contribution in [1.82, 2.24) is 9.21 Å². The third-order valence-corrected chi connectivity index (χ3v) is 8.34. The van der Waals surface area contributed by atoms with E-state index >= 15 is 0 Å². The highest BCUT2D eigenvalue weighted by Crippen LogP contribution is 2.31. The number of carbonyl (C=O) groups excluding carboxylic acids is 1. The van der Waals surface area contributed by atoms with Gasteiger partial charge < -0.3 is 4.90 Å². The Morgan fingerprint density at radius 1 is 1.14 bits per heavy atom. The maximum absolute atomic E-state index is 13.2. The van der Waals surface area contributed by atoms with Crippen molar-refractivity contribution in [3.63, 3.8) is 0 Å². The molecule has 2 unspecified atom stereocenters. The number of carbonyl (C=O) groups is 1. The van der Waals surface area contributed by atoms with E-state index in [0.717, 1.165) is 38.6 Å². The molecule has 2 aliphatic heterocycles. The Morgan fingerprint density at radius 3 is 2.57 bits per heavy atom. The molecule has 2 fully saturated rings. The van der Waals surface area contributed by atoms with Crippen LogP contribution in [0.3, 0.4) is 0 Å². The summed E-state index contributed by atoms with van der Waals surface area (Å²) >= 11 is 6.28. The van der Waals surface area contributed by atoms with Crippen LogP contribution in [-0.2, 0) is 10.0 Å². The van der Waals surface area contributed by atoms with E-state index < -0.39 is 10.0 Å². The predicted molar refractivity (Wildman–Crippen MR) is 112 cm³/mol. The summed E-state index contributed by atoms with van der Waals surface area (Å²) < 4.78 is 27.9. The molecule has 1 aromatic carbocycles. The fourth-order valence-electron chi connectivity index (χ4n) is 4.41. The van der Waals surface area contributed by atoms with Gasteiger partial charge in [-0.05, 0) is 62.1 Å². The molecule has 2 heterocycles. The van der Waals surface area contributed by atoms with Gasteiger partial charge in [-0.25, -0.2) is 8.42 Å². The first-order chi connectivity index (χ1) is 13.2. The van der Waals surface area contributed by atoms with Crippen molar-refractivity contribution in [2.24, 2.45) is 11.8 Å². The van der Waals surface area contributed by atoms with Crippen LogP contribution in [-0.4, -0.2) is 49.2 Å². The molecule has 7 heteroatoms. The molecule has 28 heavy (non-hydrogen) atoms. The molecule has 156 valence electrons. The average molecular weight is 427 g/mol. The molecule has 0 aromatic heterocycles. The lowest BCUT2D eigenvalue weighted by Gasteiger charge is -2.38. The number of sulfonamides is 1. The lowest BCUT2D eigenvalue weighted by Crippen LogP contribution is -2.46. The zero-order valence-corrected chi connectivity index (χ0v) is 18.6. The fraction of sp³-hybridized carbons (Fsp3) is 0.667. The summed E-state index contributed by atoms with van der Waals surface area (Å²) in [5, 5.41) is 0.175. The van der Waals surface area contributed by atoms with Gasteiger partial charge in [-0.15, -0.1) is 0 Å². The second kappa shape index (κ2) is 8.72. The van der Waals surface area contributed by atoms with Crippen molar-refractivity contribution in [3.05, 3.63) is 28.8 Å². The first-order valence-corrected chi connectivity index (χ1v) is 12.1. The lowest BCUT2D eigenvalue weighted by atomic mass is 9.92. The smallest absolute Gasteiger partial charge is 0.254 e. The zero-order valence-electron chi connectivity index (χ0n) is 17.0. The Bertz CT molecular complexity index is 825. The molecule has 2 atom stereocenters. The van der Waals surface area contributed by atoms with Crippen LogP contribution in [0.2, 0.25) is 5.02 Å². The van der Waals surface area contributed by atoms with Gasteiger partial charge in [0.05, 0.1) is 5.02 Å². The van der Waals surface area contributed by atoms with Crippen LogP contribution in [0.5, 0.6) is 0 Å². The molecule has 3 rings (SSSR count). The van der Waals surface area contributed by atoms with Crippen LogP contribution in [0, 0.1) is 11.8 Å². The minimum Gasteiger partial charge on any atom is -0.335 e. The average Bonchev–Trinajstić information content (AvgIpc) is 2.67. The number of hydrogen-bond donors (Lipinski definition) is 0. The fourth-order valence-corrected chi connectivity index (χ4v) is 6.51. The summed E-state index contributed by atoms with van der Waals surface area (Å²) in [6.07, 6.45) is 4.98. The van der Waals surface area contributed by atoms with Gasteiger partial charge in [-0.3, -0.25) is 4.79 Å². The van der Waals surface area contributed by atoms with Crippen molar-refractivity contribution < 1.29 is 13.2 Å². The molecule has 2 aliphatic rings. The topological polar surface area (TPSA) is 57.7 Å². The molecule has 0 N–H and O–H groups in total. The first-order valence-electron chi connectivity index (χ1n) is 10.3. The normalized spacial score (nSPS) is 24.5. The van der Waals surface area contributed by atoms with E-state index in [1.54, 1.807) is 12.1 Å². The Morgan fingerprint density at radius 2 is 1.89 bits per heavy atom. The van der Waals surface area contributed by atoms with E-state index in [2.05, 4.69) is 20.8 Å². The van der Waals surface area contributed by atoms with Gasteiger partial charge >= 0.3 is 0 Å². The van der Waals surface area contributed by atoms with Gasteiger partial charge in [-0.2, -0.15) is 4.31 Å². The van der Waals surface area contributed by atoms with E-state index in [1.165, 1.54) is 10.4 Å². The summed E-state index contributed by atoms with van der Waals surface area (Å²) in [6.45, 7) is 8.04. The molecular formula is C21H31ClN2O3S. The summed E-state index contributed by atoms with van der Waals surface area (Å²) in [5.74, 6) is 0.598. The highest BCUT2D eigenvalue weighted by atomic mass is 35.5. The first kappa shape index (κ1) is 21.6. The summed E-state index contributed by atoms with van der Waals surface area (Å²) in [4.78, 5) is 15.2. The van der Waals surface area contributed by atoms with Crippen LogP contribution in [0.1, 0.15) is 63.2 Å². The number of benzene rings is 1. The SMILES string of the molecule is CC1CCCN(S(=O)(=O)c2cc(C(=O)N3CCCCC3C(C)C)ccc2Cl)C1. The number of halogens is 1. The summed E-state index contributed by atoms with van der Waals surface area (Å²) in [6, 6.07) is 4.86. The van der Waals surface area contributed by atoms with Crippen molar-refractivity contribution in [1.29, 1.82) is 0 Å². The number of likely N-dealkylation sites (tertiary alicyclic amines) is 1. The minimum atomic E-state index is -3.71. The van der Waals surface area contributed by atoms with Crippen molar-refractivity contribution in [2.75, 3.05) is 19.6 Å². The van der Waals surface area contributed by atoms with E-state index in [-0.39, 0.29) is 21.9 Å². The minimum absolute atomic E-state index is 0.0484. The highest BCUT2D eigenvalue weighted by molar-refractivity contribution is 7.89. The molecule has 0 aliphatic carbocycles. The van der Waals surface area contributed by atoms with Gasteiger partial charge in [0, 0.05) is 31.2 Å². The monoisotopic (exact) mass is 426 g/mol. The van der Waals surface area contributed by atoms with Crippen molar-refractivity contribution >= 4 is 27.5 Å². The number of hydrogen-bond acceptors (Lipinski definition) is 3. The van der Waals surface area contributed by atoms with Crippen LogP contribution >= 0.6 is 11.6 Å². The third kappa shape index (κ3) is 4.39. The van der Waals surface area contributed by atoms with Crippen LogP contribution < -0.4 is 0 Å². The van der Waals surface area contributed by atoms with Gasteiger partial charge in [0.1, 0.15) is 4.90 Å². The van der Waals surface area contributed by atoms with E-state index in [9.17, 15) is 13.2 Å². The predicted octanol–water partition coefficient (Wildman–Crippen LogP) is 4.41. The maximum atomic E-state index is 13.2. The molecule has 5 nitrogen and oxygen atoms in total. The second-order valence-corrected chi connectivity index (χ2v) is 10.9. The summed E-state index contributed by atoms with van der Waals surface area (Å²) in [5.41, 5.74) is 0.403. The van der Waals surface area contributed by atoms with Gasteiger partial charge in [0.15, 0.2) is 0 Å². The van der Waals surface area contributed by atoms with Gasteiger partial charge in [-0.1, -0.05) is 32.4 Å². The zero-order chi connectivity index (χ0) is 20.5.